The summed E-state index contributed by atoms with van der Waals surface area (Å²) in [5.41, 5.74) is 1.11. The molecule has 1 rings (SSSR count). The van der Waals surface area contributed by atoms with Gasteiger partial charge in [-0.25, -0.2) is 0 Å². The lowest BCUT2D eigenvalue weighted by Crippen LogP contribution is -2.40. The van der Waals surface area contributed by atoms with E-state index in [-0.39, 0.29) is 24.5 Å². The van der Waals surface area contributed by atoms with E-state index in [1.807, 2.05) is 30.3 Å². The van der Waals surface area contributed by atoms with Gasteiger partial charge in [0.1, 0.15) is 6.61 Å². The Kier molecular flexibility index (Phi) is 6.64. The third kappa shape index (κ3) is 6.04. The van der Waals surface area contributed by atoms with Crippen LogP contribution >= 0.6 is 0 Å². The molecule has 0 heterocycles. The first-order valence-corrected chi connectivity index (χ1v) is 6.64. The standard InChI is InChI=1S/C15H21NO3/c1-3-14(17)16-13(11-19-15(18)4-2)10-12-8-6-5-7-9-12/h5-9,13H,3-4,10-11H2,1-2H3,(H,16,17)/t13-/m0/s1. The maximum atomic E-state index is 11.5. The summed E-state index contributed by atoms with van der Waals surface area (Å²) in [6, 6.07) is 9.66. The van der Waals surface area contributed by atoms with Crippen LogP contribution in [0.2, 0.25) is 0 Å². The second-order valence-corrected chi connectivity index (χ2v) is 4.34. The summed E-state index contributed by atoms with van der Waals surface area (Å²) in [7, 11) is 0. The number of esters is 1. The third-order valence-electron chi connectivity index (χ3n) is 2.75. The molecule has 0 saturated carbocycles. The van der Waals surface area contributed by atoms with Crippen molar-refractivity contribution in [2.45, 2.75) is 39.2 Å². The lowest BCUT2D eigenvalue weighted by molar-refractivity contribution is -0.144. The molecule has 0 fully saturated rings. The fourth-order valence-corrected chi connectivity index (χ4v) is 1.68. The van der Waals surface area contributed by atoms with E-state index in [1.165, 1.54) is 0 Å². The average molecular weight is 263 g/mol. The largest absolute Gasteiger partial charge is 0.463 e. The topological polar surface area (TPSA) is 55.4 Å². The lowest BCUT2D eigenvalue weighted by atomic mass is 10.1. The first-order valence-electron chi connectivity index (χ1n) is 6.64. The van der Waals surface area contributed by atoms with Crippen LogP contribution in [0, 0.1) is 0 Å². The molecule has 1 aromatic rings. The number of nitrogens with one attached hydrogen (secondary N) is 1. The van der Waals surface area contributed by atoms with Crippen LogP contribution in [0.5, 0.6) is 0 Å². The van der Waals surface area contributed by atoms with Crippen molar-refractivity contribution in [2.75, 3.05) is 6.61 Å². The van der Waals surface area contributed by atoms with Crippen LogP contribution in [-0.4, -0.2) is 24.5 Å². The van der Waals surface area contributed by atoms with Crippen molar-refractivity contribution in [2.24, 2.45) is 0 Å². The number of ether oxygens (including phenoxy) is 1. The van der Waals surface area contributed by atoms with Crippen LogP contribution in [-0.2, 0) is 20.7 Å². The maximum absolute atomic E-state index is 11.5. The van der Waals surface area contributed by atoms with E-state index in [1.54, 1.807) is 13.8 Å². The first-order chi connectivity index (χ1) is 9.15. The molecule has 1 amide bonds. The van der Waals surface area contributed by atoms with Gasteiger partial charge >= 0.3 is 5.97 Å². The van der Waals surface area contributed by atoms with Gasteiger partial charge in [0.05, 0.1) is 6.04 Å². The predicted octanol–water partition coefficient (Wildman–Crippen LogP) is 2.08. The smallest absolute Gasteiger partial charge is 0.305 e. The van der Waals surface area contributed by atoms with E-state index in [2.05, 4.69) is 5.32 Å². The van der Waals surface area contributed by atoms with Gasteiger partial charge in [-0.15, -0.1) is 0 Å². The quantitative estimate of drug-likeness (QED) is 0.766. The van der Waals surface area contributed by atoms with Crippen LogP contribution in [0.1, 0.15) is 32.3 Å². The second kappa shape index (κ2) is 8.29. The first kappa shape index (κ1) is 15.2. The molecule has 0 spiro atoms. The Bertz CT molecular complexity index is 403. The van der Waals surface area contributed by atoms with Gasteiger partial charge in [0.2, 0.25) is 5.91 Å². The number of benzene rings is 1. The van der Waals surface area contributed by atoms with E-state index in [4.69, 9.17) is 4.74 Å². The summed E-state index contributed by atoms with van der Waals surface area (Å²) in [4.78, 5) is 22.7. The summed E-state index contributed by atoms with van der Waals surface area (Å²) >= 11 is 0. The monoisotopic (exact) mass is 263 g/mol. The molecule has 0 aliphatic heterocycles. The molecule has 0 saturated heterocycles. The molecule has 19 heavy (non-hydrogen) atoms. The highest BCUT2D eigenvalue weighted by atomic mass is 16.5. The van der Waals surface area contributed by atoms with Crippen molar-refractivity contribution in [3.05, 3.63) is 35.9 Å². The molecule has 1 N–H and O–H groups in total. The molecule has 0 aliphatic carbocycles. The van der Waals surface area contributed by atoms with Gasteiger partial charge in [-0.1, -0.05) is 44.2 Å². The van der Waals surface area contributed by atoms with Crippen LogP contribution < -0.4 is 5.32 Å². The molecular formula is C15H21NO3. The number of rotatable bonds is 7. The van der Waals surface area contributed by atoms with Gasteiger partial charge in [0, 0.05) is 12.8 Å². The van der Waals surface area contributed by atoms with E-state index in [0.29, 0.717) is 19.3 Å². The zero-order valence-electron chi connectivity index (χ0n) is 11.5. The molecule has 0 aliphatic rings. The van der Waals surface area contributed by atoms with Crippen molar-refractivity contribution in [3.63, 3.8) is 0 Å². The molecule has 4 heteroatoms. The van der Waals surface area contributed by atoms with Crippen LogP contribution in [0.15, 0.2) is 30.3 Å². The molecule has 0 aromatic heterocycles. The van der Waals surface area contributed by atoms with Gasteiger partial charge < -0.3 is 10.1 Å². The van der Waals surface area contributed by atoms with Crippen molar-refractivity contribution in [3.8, 4) is 0 Å². The highest BCUT2D eigenvalue weighted by molar-refractivity contribution is 5.76. The molecular weight excluding hydrogens is 242 g/mol. The van der Waals surface area contributed by atoms with Crippen molar-refractivity contribution >= 4 is 11.9 Å². The van der Waals surface area contributed by atoms with Gasteiger partial charge in [0.25, 0.3) is 0 Å². The zero-order valence-corrected chi connectivity index (χ0v) is 11.5. The molecule has 0 unspecified atom stereocenters. The van der Waals surface area contributed by atoms with Crippen molar-refractivity contribution < 1.29 is 14.3 Å². The summed E-state index contributed by atoms with van der Waals surface area (Å²) in [6.07, 6.45) is 1.43. The number of carbonyl (C=O) groups is 2. The molecule has 4 nitrogen and oxygen atoms in total. The van der Waals surface area contributed by atoms with E-state index >= 15 is 0 Å². The minimum Gasteiger partial charge on any atom is -0.463 e. The number of hydrogen-bond acceptors (Lipinski definition) is 3. The molecule has 1 atom stereocenters. The molecule has 104 valence electrons. The van der Waals surface area contributed by atoms with Crippen molar-refractivity contribution in [1.29, 1.82) is 0 Å². The predicted molar refractivity (Wildman–Crippen MR) is 73.6 cm³/mol. The highest BCUT2D eigenvalue weighted by Crippen LogP contribution is 2.04. The summed E-state index contributed by atoms with van der Waals surface area (Å²) in [5, 5.41) is 2.88. The second-order valence-electron chi connectivity index (χ2n) is 4.34. The Morgan fingerprint density at radius 1 is 1.16 bits per heavy atom. The van der Waals surface area contributed by atoms with E-state index in [0.717, 1.165) is 5.56 Å². The highest BCUT2D eigenvalue weighted by Gasteiger charge is 2.14. The molecule has 1 aromatic carbocycles. The number of carbonyl (C=O) groups excluding carboxylic acids is 2. The van der Waals surface area contributed by atoms with Gasteiger partial charge in [-0.05, 0) is 12.0 Å². The van der Waals surface area contributed by atoms with Gasteiger partial charge in [-0.2, -0.15) is 0 Å². The Balaban J connectivity index is 2.58. The normalized spacial score (nSPS) is 11.7. The lowest BCUT2D eigenvalue weighted by Gasteiger charge is -2.18. The average Bonchev–Trinajstić information content (AvgIpc) is 2.45. The van der Waals surface area contributed by atoms with Gasteiger partial charge in [-0.3, -0.25) is 9.59 Å². The van der Waals surface area contributed by atoms with Crippen LogP contribution in [0.3, 0.4) is 0 Å². The Labute approximate surface area is 114 Å². The summed E-state index contributed by atoms with van der Waals surface area (Å²) in [6.45, 7) is 3.76. The van der Waals surface area contributed by atoms with Crippen molar-refractivity contribution in [1.82, 2.24) is 5.32 Å². The van der Waals surface area contributed by atoms with E-state index in [9.17, 15) is 9.59 Å². The van der Waals surface area contributed by atoms with Crippen LogP contribution in [0.4, 0.5) is 0 Å². The molecule has 0 radical (unpaired) electrons. The minimum atomic E-state index is -0.246. The summed E-state index contributed by atoms with van der Waals surface area (Å²) in [5.74, 6) is -0.280. The van der Waals surface area contributed by atoms with E-state index < -0.39 is 0 Å². The maximum Gasteiger partial charge on any atom is 0.305 e. The Morgan fingerprint density at radius 2 is 1.84 bits per heavy atom. The zero-order chi connectivity index (χ0) is 14.1. The minimum absolute atomic E-state index is 0.0338. The third-order valence-corrected chi connectivity index (χ3v) is 2.75. The fourth-order valence-electron chi connectivity index (χ4n) is 1.68. The molecule has 0 bridgehead atoms. The SMILES string of the molecule is CCC(=O)N[C@H](COC(=O)CC)Cc1ccccc1. The fraction of sp³-hybridized carbons (Fsp3) is 0.467. The summed E-state index contributed by atoms with van der Waals surface area (Å²) < 4.78 is 5.12. The number of amides is 1. The Morgan fingerprint density at radius 3 is 2.42 bits per heavy atom. The van der Waals surface area contributed by atoms with Crippen LogP contribution in [0.25, 0.3) is 0 Å². The number of hydrogen-bond donors (Lipinski definition) is 1. The Hall–Kier alpha value is -1.84. The van der Waals surface area contributed by atoms with Gasteiger partial charge in [0.15, 0.2) is 0 Å².